The molecule has 8 heteroatoms. The number of nitrogens with one attached hydrogen (secondary N) is 1. The molecule has 1 aliphatic carbocycles. The summed E-state index contributed by atoms with van der Waals surface area (Å²) in [5.41, 5.74) is -0.902. The van der Waals surface area contributed by atoms with Crippen LogP contribution in [0.25, 0.3) is 5.57 Å². The topological polar surface area (TPSA) is 101 Å². The number of benzene rings is 1. The molecule has 0 saturated heterocycles. The fourth-order valence-electron chi connectivity index (χ4n) is 2.64. The molecular weight excluding hydrogens is 303 g/mol. The summed E-state index contributed by atoms with van der Waals surface area (Å²) < 4.78 is 20.0. The van der Waals surface area contributed by atoms with Gasteiger partial charge in [0.15, 0.2) is 5.60 Å². The van der Waals surface area contributed by atoms with Gasteiger partial charge >= 0.3 is 5.97 Å². The number of carboxylic acids is 1. The van der Waals surface area contributed by atoms with E-state index in [0.717, 1.165) is 6.08 Å². The van der Waals surface area contributed by atoms with Gasteiger partial charge in [-0.15, -0.1) is 10.2 Å². The minimum absolute atomic E-state index is 0.0501. The van der Waals surface area contributed by atoms with Crippen LogP contribution in [0.2, 0.25) is 0 Å². The van der Waals surface area contributed by atoms with Crippen molar-refractivity contribution in [1.29, 1.82) is 0 Å². The van der Waals surface area contributed by atoms with E-state index in [2.05, 4.69) is 20.6 Å². The third-order valence-electron chi connectivity index (χ3n) is 3.78. The molecule has 2 aromatic rings. The fraction of sp³-hybridized carbons (Fsp3) is 0.200. The van der Waals surface area contributed by atoms with E-state index >= 15 is 0 Å². The molecule has 7 nitrogen and oxygen atoms in total. The lowest BCUT2D eigenvalue weighted by Gasteiger charge is -2.33. The zero-order valence-corrected chi connectivity index (χ0v) is 12.1. The minimum atomic E-state index is -1.67. The molecule has 0 saturated carbocycles. The van der Waals surface area contributed by atoms with Crippen LogP contribution >= 0.6 is 0 Å². The molecule has 1 aliphatic rings. The van der Waals surface area contributed by atoms with E-state index in [0.29, 0.717) is 5.56 Å². The van der Waals surface area contributed by atoms with Crippen molar-refractivity contribution in [1.82, 2.24) is 20.6 Å². The van der Waals surface area contributed by atoms with Crippen LogP contribution < -0.4 is 0 Å². The van der Waals surface area contributed by atoms with E-state index in [1.807, 2.05) is 0 Å². The number of nitrogens with zero attached hydrogens (tertiary/aromatic N) is 3. The summed E-state index contributed by atoms with van der Waals surface area (Å²) in [5.74, 6) is -3.06. The lowest BCUT2D eigenvalue weighted by molar-refractivity contribution is -0.149. The summed E-state index contributed by atoms with van der Waals surface area (Å²) >= 11 is 0. The van der Waals surface area contributed by atoms with Gasteiger partial charge in [-0.05, 0) is 11.6 Å². The van der Waals surface area contributed by atoms with Gasteiger partial charge in [-0.3, -0.25) is 4.79 Å². The Balaban J connectivity index is 2.16. The van der Waals surface area contributed by atoms with Crippen LogP contribution in [-0.2, 0) is 15.1 Å². The Morgan fingerprint density at radius 1 is 1.39 bits per heavy atom. The molecule has 2 atom stereocenters. The molecule has 1 heterocycles. The van der Waals surface area contributed by atoms with Crippen molar-refractivity contribution in [3.8, 4) is 0 Å². The SMILES string of the molecule is COC1(c2nn[nH]n2)C=C(F)C(c2ccccc2)=CC1C(=O)O. The first kappa shape index (κ1) is 15.0. The van der Waals surface area contributed by atoms with Crippen LogP contribution in [0.3, 0.4) is 0 Å². The standard InChI is InChI=1S/C15H13FN4O3/c1-23-15(14-17-19-20-18-14)8-12(16)10(7-11(15)13(21)22)9-5-3-2-4-6-9/h2-8,11H,1H3,(H,21,22)(H,17,18,19,20). The van der Waals surface area contributed by atoms with Crippen molar-refractivity contribution in [3.63, 3.8) is 0 Å². The maximum atomic E-state index is 14.7. The number of ether oxygens (including phenoxy) is 1. The van der Waals surface area contributed by atoms with Crippen LogP contribution in [0.1, 0.15) is 11.4 Å². The molecule has 0 amide bonds. The fourth-order valence-corrected chi connectivity index (χ4v) is 2.64. The highest BCUT2D eigenvalue weighted by Gasteiger charge is 2.49. The summed E-state index contributed by atoms with van der Waals surface area (Å²) in [6, 6.07) is 8.69. The van der Waals surface area contributed by atoms with E-state index < -0.39 is 23.3 Å². The van der Waals surface area contributed by atoms with Crippen molar-refractivity contribution in [2.24, 2.45) is 5.92 Å². The number of carbonyl (C=O) groups is 1. The Bertz CT molecular complexity index is 773. The van der Waals surface area contributed by atoms with Crippen LogP contribution in [0.4, 0.5) is 4.39 Å². The quantitative estimate of drug-likeness (QED) is 0.890. The first-order valence-electron chi connectivity index (χ1n) is 6.76. The van der Waals surface area contributed by atoms with Crippen LogP contribution in [0, 0.1) is 5.92 Å². The van der Waals surface area contributed by atoms with E-state index in [4.69, 9.17) is 4.74 Å². The first-order chi connectivity index (χ1) is 11.1. The number of H-pyrrole nitrogens is 1. The maximum Gasteiger partial charge on any atom is 0.314 e. The molecule has 3 rings (SSSR count). The Labute approximate surface area is 130 Å². The number of carboxylic acid groups (broad SMARTS) is 1. The Kier molecular flexibility index (Phi) is 3.75. The highest BCUT2D eigenvalue weighted by atomic mass is 19.1. The number of hydrogen-bond donors (Lipinski definition) is 2. The first-order valence-corrected chi connectivity index (χ1v) is 6.76. The molecular formula is C15H13FN4O3. The number of tetrazole rings is 1. The summed E-state index contributed by atoms with van der Waals surface area (Å²) in [6.07, 6.45) is 2.39. The second-order valence-corrected chi connectivity index (χ2v) is 4.99. The lowest BCUT2D eigenvalue weighted by Crippen LogP contribution is -2.42. The van der Waals surface area contributed by atoms with Gasteiger partial charge in [-0.2, -0.15) is 5.21 Å². The van der Waals surface area contributed by atoms with Crippen LogP contribution in [0.5, 0.6) is 0 Å². The molecule has 0 radical (unpaired) electrons. The summed E-state index contributed by atoms with van der Waals surface area (Å²) in [6.45, 7) is 0. The van der Waals surface area contributed by atoms with Gasteiger partial charge in [0, 0.05) is 12.7 Å². The van der Waals surface area contributed by atoms with Crippen LogP contribution in [0.15, 0.2) is 48.3 Å². The highest BCUT2D eigenvalue weighted by Crippen LogP contribution is 2.43. The maximum absolute atomic E-state index is 14.7. The van der Waals surface area contributed by atoms with Gasteiger partial charge in [-0.1, -0.05) is 41.6 Å². The summed E-state index contributed by atoms with van der Waals surface area (Å²) in [4.78, 5) is 11.7. The minimum Gasteiger partial charge on any atom is -0.481 e. The average molecular weight is 316 g/mol. The van der Waals surface area contributed by atoms with Crippen molar-refractivity contribution in [2.45, 2.75) is 5.60 Å². The number of aromatic nitrogens is 4. The molecule has 2 N–H and O–H groups in total. The third kappa shape index (κ3) is 2.42. The number of hydrogen-bond acceptors (Lipinski definition) is 5. The number of allylic oxidation sites excluding steroid dienone is 2. The van der Waals surface area contributed by atoms with E-state index in [-0.39, 0.29) is 11.4 Å². The van der Waals surface area contributed by atoms with E-state index in [9.17, 15) is 14.3 Å². The average Bonchev–Trinajstić information content (AvgIpc) is 3.10. The third-order valence-corrected chi connectivity index (χ3v) is 3.78. The largest absolute Gasteiger partial charge is 0.481 e. The van der Waals surface area contributed by atoms with Crippen molar-refractivity contribution < 1.29 is 19.0 Å². The molecule has 2 unspecified atom stereocenters. The zero-order valence-electron chi connectivity index (χ0n) is 12.1. The van der Waals surface area contributed by atoms with E-state index in [1.165, 1.54) is 13.2 Å². The second kappa shape index (κ2) is 5.73. The van der Waals surface area contributed by atoms with Gasteiger partial charge < -0.3 is 9.84 Å². The van der Waals surface area contributed by atoms with Gasteiger partial charge in [0.2, 0.25) is 5.82 Å². The molecule has 0 spiro atoms. The predicted molar refractivity (Wildman–Crippen MR) is 77.6 cm³/mol. The number of aromatic amines is 1. The van der Waals surface area contributed by atoms with Gasteiger partial charge in [0.1, 0.15) is 11.7 Å². The monoisotopic (exact) mass is 316 g/mol. The van der Waals surface area contributed by atoms with Crippen molar-refractivity contribution in [2.75, 3.05) is 7.11 Å². The molecule has 1 aromatic heterocycles. The van der Waals surface area contributed by atoms with Gasteiger partial charge in [0.05, 0.1) is 0 Å². The smallest absolute Gasteiger partial charge is 0.314 e. The molecule has 118 valence electrons. The van der Waals surface area contributed by atoms with Crippen molar-refractivity contribution >= 4 is 11.5 Å². The summed E-state index contributed by atoms with van der Waals surface area (Å²) in [5, 5.41) is 22.8. The predicted octanol–water partition coefficient (Wildman–Crippen LogP) is 1.69. The molecule has 23 heavy (non-hydrogen) atoms. The van der Waals surface area contributed by atoms with E-state index in [1.54, 1.807) is 30.3 Å². The summed E-state index contributed by atoms with van der Waals surface area (Å²) in [7, 11) is 1.28. The molecule has 0 bridgehead atoms. The number of methoxy groups -OCH3 is 1. The molecule has 1 aromatic carbocycles. The van der Waals surface area contributed by atoms with Crippen LogP contribution in [-0.4, -0.2) is 38.8 Å². The Hall–Kier alpha value is -2.87. The van der Waals surface area contributed by atoms with Gasteiger partial charge in [0.25, 0.3) is 0 Å². The van der Waals surface area contributed by atoms with Crippen molar-refractivity contribution in [3.05, 3.63) is 59.7 Å². The highest BCUT2D eigenvalue weighted by molar-refractivity contribution is 5.85. The molecule has 0 aliphatic heterocycles. The Morgan fingerprint density at radius 2 is 2.13 bits per heavy atom. The lowest BCUT2D eigenvalue weighted by atomic mass is 9.79. The number of aliphatic carboxylic acids is 1. The zero-order chi connectivity index (χ0) is 16.4. The molecule has 0 fully saturated rings. The number of halogens is 1. The second-order valence-electron chi connectivity index (χ2n) is 4.99. The number of rotatable bonds is 4. The normalized spacial score (nSPS) is 24.0. The Morgan fingerprint density at radius 3 is 2.70 bits per heavy atom. The van der Waals surface area contributed by atoms with Gasteiger partial charge in [-0.25, -0.2) is 4.39 Å².